The van der Waals surface area contributed by atoms with E-state index in [1.54, 1.807) is 0 Å². The predicted molar refractivity (Wildman–Crippen MR) is 85.9 cm³/mol. The fraction of sp³-hybridized carbons (Fsp3) is 1.00. The fourth-order valence-electron chi connectivity index (χ4n) is 2.61. The monoisotopic (exact) mass is 272 g/mol. The first-order valence-electron chi connectivity index (χ1n) is 7.84. The maximum atomic E-state index is 5.66. The Labute approximate surface area is 121 Å². The normalized spacial score (nSPS) is 15.0. The highest BCUT2D eigenvalue weighted by Gasteiger charge is 2.27. The third-order valence-electron chi connectivity index (χ3n) is 4.61. The molecule has 0 aliphatic heterocycles. The van der Waals surface area contributed by atoms with E-state index in [0.717, 1.165) is 12.8 Å². The molecule has 4 N–H and O–H groups in total. The largest absolute Gasteiger partial charge is 0.316 e. The van der Waals surface area contributed by atoms with Gasteiger partial charge in [-0.25, -0.2) is 0 Å². The molecule has 0 aliphatic rings. The van der Waals surface area contributed by atoms with Crippen LogP contribution in [-0.2, 0) is 0 Å². The molecular formula is C16H37N3. The second-order valence-corrected chi connectivity index (χ2v) is 7.31. The molecule has 0 bridgehead atoms. The average Bonchev–Trinajstić information content (AvgIpc) is 2.24. The maximum absolute atomic E-state index is 5.66. The second kappa shape index (κ2) is 8.23. The third kappa shape index (κ3) is 7.28. The van der Waals surface area contributed by atoms with Gasteiger partial charge in [-0.1, -0.05) is 20.8 Å². The van der Waals surface area contributed by atoms with Gasteiger partial charge >= 0.3 is 0 Å². The summed E-state index contributed by atoms with van der Waals surface area (Å²) < 4.78 is 0. The van der Waals surface area contributed by atoms with Crippen molar-refractivity contribution in [2.45, 2.75) is 86.0 Å². The molecule has 0 radical (unpaired) electrons. The summed E-state index contributed by atoms with van der Waals surface area (Å²) in [6, 6.07) is 1.23. The minimum atomic E-state index is -0.166. The zero-order chi connectivity index (χ0) is 15.2. The summed E-state index contributed by atoms with van der Waals surface area (Å²) >= 11 is 0. The van der Waals surface area contributed by atoms with Crippen LogP contribution in [0, 0.1) is 11.3 Å². The van der Waals surface area contributed by atoms with Gasteiger partial charge in [-0.2, -0.15) is 0 Å². The van der Waals surface area contributed by atoms with Gasteiger partial charge in [0, 0.05) is 12.1 Å². The zero-order valence-corrected chi connectivity index (χ0v) is 14.2. The van der Waals surface area contributed by atoms with Crippen LogP contribution in [0.3, 0.4) is 0 Å². The molecule has 3 nitrogen and oxygen atoms in total. The van der Waals surface area contributed by atoms with E-state index in [2.05, 4.69) is 53.4 Å². The first-order chi connectivity index (χ1) is 8.58. The molecule has 0 fully saturated rings. The molecule has 1 atom stereocenters. The molecule has 1 unspecified atom stereocenters. The predicted octanol–water partition coefficient (Wildman–Crippen LogP) is 3.18. The standard InChI is InChI=1S/C16H37N3/c1-12(2)19(13(3)4)11-10-16(6,7)14(5)8-9-15(17)18/h12-15H,8-11,17-18H2,1-7H3/i19+1. The van der Waals surface area contributed by atoms with Gasteiger partial charge in [-0.05, 0) is 64.8 Å². The molecule has 0 amide bonds. The van der Waals surface area contributed by atoms with Crippen molar-refractivity contribution in [1.82, 2.24) is 4.90 Å². The molecule has 0 spiro atoms. The fourth-order valence-corrected chi connectivity index (χ4v) is 2.61. The van der Waals surface area contributed by atoms with Crippen LogP contribution >= 0.6 is 0 Å². The Balaban J connectivity index is 4.34. The van der Waals surface area contributed by atoms with Gasteiger partial charge in [-0.3, -0.25) is 4.90 Å². The van der Waals surface area contributed by atoms with Crippen LogP contribution in [-0.4, -0.2) is 29.7 Å². The van der Waals surface area contributed by atoms with Crippen LogP contribution < -0.4 is 11.5 Å². The molecule has 19 heavy (non-hydrogen) atoms. The smallest absolute Gasteiger partial charge is 0.0520 e. The van der Waals surface area contributed by atoms with Crippen LogP contribution in [0.15, 0.2) is 0 Å². The Kier molecular flexibility index (Phi) is 8.18. The summed E-state index contributed by atoms with van der Waals surface area (Å²) in [5.74, 6) is 0.656. The van der Waals surface area contributed by atoms with E-state index in [-0.39, 0.29) is 6.17 Å². The van der Waals surface area contributed by atoms with Crippen molar-refractivity contribution < 1.29 is 0 Å². The summed E-state index contributed by atoms with van der Waals surface area (Å²) in [4.78, 5) is 2.57. The van der Waals surface area contributed by atoms with Crippen LogP contribution in [0.25, 0.3) is 0 Å². The maximum Gasteiger partial charge on any atom is 0.0520 e. The average molecular weight is 272 g/mol. The van der Waals surface area contributed by atoms with Crippen LogP contribution in [0.1, 0.15) is 67.7 Å². The van der Waals surface area contributed by atoms with Crippen LogP contribution in [0.5, 0.6) is 0 Å². The lowest BCUT2D eigenvalue weighted by molar-refractivity contribution is 0.117. The Morgan fingerprint density at radius 1 is 0.895 bits per heavy atom. The van der Waals surface area contributed by atoms with E-state index in [9.17, 15) is 0 Å². The second-order valence-electron chi connectivity index (χ2n) is 7.31. The molecule has 0 heterocycles. The van der Waals surface area contributed by atoms with Crippen molar-refractivity contribution in [2.24, 2.45) is 22.8 Å². The van der Waals surface area contributed by atoms with Crippen molar-refractivity contribution in [2.75, 3.05) is 6.54 Å². The summed E-state index contributed by atoms with van der Waals surface area (Å²) in [6.07, 6.45) is 3.10. The van der Waals surface area contributed by atoms with Gasteiger partial charge in [0.15, 0.2) is 0 Å². The quantitative estimate of drug-likeness (QED) is 0.501. The number of hydrogen-bond acceptors (Lipinski definition) is 3. The minimum absolute atomic E-state index is 0.166. The van der Waals surface area contributed by atoms with Crippen LogP contribution in [0.2, 0.25) is 0 Å². The van der Waals surface area contributed by atoms with Crippen molar-refractivity contribution >= 4 is 0 Å². The topological polar surface area (TPSA) is 55.3 Å². The van der Waals surface area contributed by atoms with Crippen molar-refractivity contribution in [3.8, 4) is 0 Å². The molecule has 0 saturated carbocycles. The molecular weight excluding hydrogens is 235 g/mol. The van der Waals surface area contributed by atoms with Gasteiger partial charge in [0.25, 0.3) is 0 Å². The molecule has 3 heteroatoms. The molecule has 0 aromatic heterocycles. The summed E-state index contributed by atoms with van der Waals surface area (Å²) in [6.45, 7) is 17.4. The number of rotatable bonds is 9. The van der Waals surface area contributed by atoms with E-state index in [1.807, 2.05) is 0 Å². The van der Waals surface area contributed by atoms with Gasteiger partial charge in [0.2, 0.25) is 0 Å². The lowest BCUT2D eigenvalue weighted by Crippen LogP contribution is -2.40. The summed E-state index contributed by atoms with van der Waals surface area (Å²) in [5.41, 5.74) is 11.7. The van der Waals surface area contributed by atoms with E-state index >= 15 is 0 Å². The summed E-state index contributed by atoms with van der Waals surface area (Å²) in [5, 5.41) is 0. The third-order valence-corrected chi connectivity index (χ3v) is 4.61. The highest BCUT2D eigenvalue weighted by atomic mass is 15.9. The molecule has 116 valence electrons. The van der Waals surface area contributed by atoms with Gasteiger partial charge in [-0.15, -0.1) is 0 Å². The van der Waals surface area contributed by atoms with Crippen molar-refractivity contribution in [3.05, 3.63) is 0 Å². The molecule has 0 rings (SSSR count). The molecule has 0 aliphatic carbocycles. The Morgan fingerprint density at radius 3 is 1.74 bits per heavy atom. The van der Waals surface area contributed by atoms with E-state index in [4.69, 9.17) is 11.5 Å². The Bertz CT molecular complexity index is 226. The van der Waals surface area contributed by atoms with E-state index in [1.165, 1.54) is 13.0 Å². The lowest BCUT2D eigenvalue weighted by atomic mass is 9.75. The number of nitrogens with zero attached hydrogens (tertiary/aromatic N) is 1. The SMILES string of the molecule is CC(C)[15N](CCC(C)(C)C(C)CCC(N)N)C(C)C. The number of hydrogen-bond donors (Lipinski definition) is 2. The van der Waals surface area contributed by atoms with Gasteiger partial charge in [0.05, 0.1) is 6.17 Å². The number of nitrogens with two attached hydrogens (primary N) is 2. The molecule has 0 saturated heterocycles. The summed E-state index contributed by atoms with van der Waals surface area (Å²) in [7, 11) is 0. The van der Waals surface area contributed by atoms with E-state index in [0.29, 0.717) is 23.4 Å². The highest BCUT2D eigenvalue weighted by Crippen LogP contribution is 2.34. The lowest BCUT2D eigenvalue weighted by Gasteiger charge is -2.37. The van der Waals surface area contributed by atoms with Crippen molar-refractivity contribution in [3.63, 3.8) is 0 Å². The molecule has 0 aromatic rings. The van der Waals surface area contributed by atoms with Crippen LogP contribution in [0.4, 0.5) is 0 Å². The first kappa shape index (κ1) is 18.9. The zero-order valence-electron chi connectivity index (χ0n) is 14.2. The molecule has 0 aromatic carbocycles. The first-order valence-corrected chi connectivity index (χ1v) is 7.84. The Hall–Kier alpha value is -0.120. The van der Waals surface area contributed by atoms with Crippen molar-refractivity contribution in [1.29, 1.82) is 0 Å². The minimum Gasteiger partial charge on any atom is -0.316 e. The van der Waals surface area contributed by atoms with E-state index < -0.39 is 0 Å². The van der Waals surface area contributed by atoms with Gasteiger partial charge in [0.1, 0.15) is 0 Å². The Morgan fingerprint density at radius 2 is 1.37 bits per heavy atom. The van der Waals surface area contributed by atoms with Gasteiger partial charge < -0.3 is 11.5 Å². The highest BCUT2D eigenvalue weighted by molar-refractivity contribution is 4.79.